The van der Waals surface area contributed by atoms with E-state index in [2.05, 4.69) is 10.6 Å². The molecule has 6 heteroatoms. The lowest BCUT2D eigenvalue weighted by Crippen LogP contribution is -2.28. The Morgan fingerprint density at radius 1 is 1.09 bits per heavy atom. The van der Waals surface area contributed by atoms with E-state index < -0.39 is 11.8 Å². The first kappa shape index (κ1) is 16.8. The molecular weight excluding hydrogens is 299 g/mol. The Bertz CT molecular complexity index is 659. The Balaban J connectivity index is 1.86. The Morgan fingerprint density at radius 3 is 2.39 bits per heavy atom. The number of nitrogens with one attached hydrogen (secondary N) is 2. The summed E-state index contributed by atoms with van der Waals surface area (Å²) >= 11 is 0. The van der Waals surface area contributed by atoms with Gasteiger partial charge in [-0.05, 0) is 23.3 Å². The van der Waals surface area contributed by atoms with Crippen LogP contribution >= 0.6 is 0 Å². The first-order valence-corrected chi connectivity index (χ1v) is 7.07. The highest BCUT2D eigenvalue weighted by Crippen LogP contribution is 2.20. The molecular formula is C17H19FN2O3. The van der Waals surface area contributed by atoms with Crippen LogP contribution in [0.5, 0.6) is 5.75 Å². The number of ether oxygens (including phenoxy) is 2. The van der Waals surface area contributed by atoms with Crippen molar-refractivity contribution in [2.24, 2.45) is 0 Å². The number of halogens is 1. The van der Waals surface area contributed by atoms with E-state index in [1.54, 1.807) is 13.2 Å². The van der Waals surface area contributed by atoms with Gasteiger partial charge in [-0.2, -0.15) is 0 Å². The third kappa shape index (κ3) is 4.96. The molecule has 2 rings (SSSR count). The van der Waals surface area contributed by atoms with Crippen molar-refractivity contribution in [3.63, 3.8) is 0 Å². The molecule has 2 N–H and O–H groups in total. The molecule has 0 radical (unpaired) electrons. The summed E-state index contributed by atoms with van der Waals surface area (Å²) in [6.07, 6.45) is 0. The number of anilines is 1. The van der Waals surface area contributed by atoms with Gasteiger partial charge in [-0.3, -0.25) is 0 Å². The summed E-state index contributed by atoms with van der Waals surface area (Å²) in [6.45, 7) is 0.926. The number of carbonyl (C=O) groups excluding carboxylic acids is 1. The normalized spacial score (nSPS) is 10.2. The van der Waals surface area contributed by atoms with Crippen LogP contribution < -0.4 is 15.4 Å². The second-order valence-electron chi connectivity index (χ2n) is 4.91. The minimum absolute atomic E-state index is 0.132. The molecule has 0 spiro atoms. The van der Waals surface area contributed by atoms with Crippen molar-refractivity contribution in [1.82, 2.24) is 5.32 Å². The molecule has 0 saturated carbocycles. The molecule has 0 saturated heterocycles. The summed E-state index contributed by atoms with van der Waals surface area (Å²) in [5.74, 6) is -0.397. The number of rotatable bonds is 6. The Morgan fingerprint density at radius 2 is 1.78 bits per heavy atom. The highest BCUT2D eigenvalue weighted by molar-refractivity contribution is 5.89. The number of hydrogen-bond acceptors (Lipinski definition) is 3. The fourth-order valence-electron chi connectivity index (χ4n) is 2.02. The van der Waals surface area contributed by atoms with E-state index in [4.69, 9.17) is 9.47 Å². The summed E-state index contributed by atoms with van der Waals surface area (Å²) in [5.41, 5.74) is 2.38. The van der Waals surface area contributed by atoms with E-state index in [0.29, 0.717) is 18.8 Å². The SMILES string of the molecule is COCc1ccc(CNC(=O)Nc2ccc(OC)c(F)c2)cc1. The van der Waals surface area contributed by atoms with Gasteiger partial charge in [0.1, 0.15) is 0 Å². The maximum Gasteiger partial charge on any atom is 0.319 e. The molecule has 2 aromatic rings. The first-order chi connectivity index (χ1) is 11.1. The third-order valence-electron chi connectivity index (χ3n) is 3.20. The zero-order valence-electron chi connectivity index (χ0n) is 13.1. The van der Waals surface area contributed by atoms with E-state index >= 15 is 0 Å². The van der Waals surface area contributed by atoms with Gasteiger partial charge < -0.3 is 20.1 Å². The molecule has 0 aliphatic heterocycles. The van der Waals surface area contributed by atoms with Crippen LogP contribution in [-0.4, -0.2) is 20.3 Å². The fraction of sp³-hybridized carbons (Fsp3) is 0.235. The smallest absolute Gasteiger partial charge is 0.319 e. The average molecular weight is 318 g/mol. The monoisotopic (exact) mass is 318 g/mol. The van der Waals surface area contributed by atoms with Crippen molar-refractivity contribution >= 4 is 11.7 Å². The number of carbonyl (C=O) groups is 1. The predicted molar refractivity (Wildman–Crippen MR) is 86.0 cm³/mol. The van der Waals surface area contributed by atoms with Crippen LogP contribution in [0, 0.1) is 5.82 Å². The molecule has 0 aliphatic carbocycles. The predicted octanol–water partition coefficient (Wildman–Crippen LogP) is 3.30. The molecule has 0 fully saturated rings. The van der Waals surface area contributed by atoms with Crippen LogP contribution in [0.15, 0.2) is 42.5 Å². The van der Waals surface area contributed by atoms with E-state index in [1.165, 1.54) is 19.2 Å². The van der Waals surface area contributed by atoms with Gasteiger partial charge in [0, 0.05) is 25.4 Å². The van der Waals surface area contributed by atoms with Gasteiger partial charge in [-0.25, -0.2) is 9.18 Å². The minimum Gasteiger partial charge on any atom is -0.494 e. The van der Waals surface area contributed by atoms with Gasteiger partial charge in [0.05, 0.1) is 13.7 Å². The molecule has 0 unspecified atom stereocenters. The topological polar surface area (TPSA) is 59.6 Å². The minimum atomic E-state index is -0.529. The summed E-state index contributed by atoms with van der Waals surface area (Å²) in [4.78, 5) is 11.8. The number of urea groups is 1. The Hall–Kier alpha value is -2.60. The molecule has 0 bridgehead atoms. The van der Waals surface area contributed by atoms with Crippen LogP contribution in [0.3, 0.4) is 0 Å². The molecule has 0 heterocycles. The molecule has 0 aromatic heterocycles. The van der Waals surface area contributed by atoms with Gasteiger partial charge in [-0.15, -0.1) is 0 Å². The summed E-state index contributed by atoms with van der Waals surface area (Å²) < 4.78 is 23.4. The van der Waals surface area contributed by atoms with Crippen molar-refractivity contribution in [3.8, 4) is 5.75 Å². The summed E-state index contributed by atoms with van der Waals surface area (Å²) in [5, 5.41) is 5.28. The van der Waals surface area contributed by atoms with Crippen molar-refractivity contribution in [2.75, 3.05) is 19.5 Å². The van der Waals surface area contributed by atoms with Crippen LogP contribution in [0.2, 0.25) is 0 Å². The molecule has 2 aromatic carbocycles. The largest absolute Gasteiger partial charge is 0.494 e. The standard InChI is InChI=1S/C17H19FN2O3/c1-22-11-13-5-3-12(4-6-13)10-19-17(21)20-14-7-8-16(23-2)15(18)9-14/h3-9H,10-11H2,1-2H3,(H2,19,20,21). The van der Waals surface area contributed by atoms with E-state index in [0.717, 1.165) is 11.1 Å². The zero-order valence-corrected chi connectivity index (χ0v) is 13.1. The molecule has 2 amide bonds. The van der Waals surface area contributed by atoms with E-state index in [1.807, 2.05) is 24.3 Å². The third-order valence-corrected chi connectivity index (χ3v) is 3.20. The summed E-state index contributed by atoms with van der Waals surface area (Å²) in [7, 11) is 3.03. The summed E-state index contributed by atoms with van der Waals surface area (Å²) in [6, 6.07) is 11.5. The van der Waals surface area contributed by atoms with Crippen molar-refractivity contribution in [1.29, 1.82) is 0 Å². The van der Waals surface area contributed by atoms with Crippen molar-refractivity contribution in [2.45, 2.75) is 13.2 Å². The Kier molecular flexibility index (Phi) is 5.94. The quantitative estimate of drug-likeness (QED) is 0.859. The molecule has 122 valence electrons. The van der Waals surface area contributed by atoms with Gasteiger partial charge in [0.2, 0.25) is 0 Å². The van der Waals surface area contributed by atoms with Crippen molar-refractivity contribution in [3.05, 3.63) is 59.4 Å². The number of hydrogen-bond donors (Lipinski definition) is 2. The van der Waals surface area contributed by atoms with Crippen molar-refractivity contribution < 1.29 is 18.7 Å². The van der Waals surface area contributed by atoms with Gasteiger partial charge in [0.15, 0.2) is 11.6 Å². The van der Waals surface area contributed by atoms with E-state index in [-0.39, 0.29) is 5.75 Å². The number of methoxy groups -OCH3 is 2. The molecule has 5 nitrogen and oxygen atoms in total. The zero-order chi connectivity index (χ0) is 16.7. The lowest BCUT2D eigenvalue weighted by molar-refractivity contribution is 0.185. The first-order valence-electron chi connectivity index (χ1n) is 7.07. The average Bonchev–Trinajstić information content (AvgIpc) is 2.55. The second kappa shape index (κ2) is 8.14. The second-order valence-corrected chi connectivity index (χ2v) is 4.91. The van der Waals surface area contributed by atoms with Gasteiger partial charge in [0.25, 0.3) is 0 Å². The van der Waals surface area contributed by atoms with Gasteiger partial charge in [-0.1, -0.05) is 24.3 Å². The number of benzene rings is 2. The Labute approximate surface area is 134 Å². The van der Waals surface area contributed by atoms with E-state index in [9.17, 15) is 9.18 Å². The fourth-order valence-corrected chi connectivity index (χ4v) is 2.02. The van der Waals surface area contributed by atoms with Crippen LogP contribution in [0.25, 0.3) is 0 Å². The lowest BCUT2D eigenvalue weighted by atomic mass is 10.1. The molecule has 0 atom stereocenters. The highest BCUT2D eigenvalue weighted by Gasteiger charge is 2.06. The maximum atomic E-state index is 13.5. The molecule has 23 heavy (non-hydrogen) atoms. The molecule has 0 aliphatic rings. The maximum absolute atomic E-state index is 13.5. The lowest BCUT2D eigenvalue weighted by Gasteiger charge is -2.09. The van der Waals surface area contributed by atoms with Crippen LogP contribution in [0.1, 0.15) is 11.1 Å². The van der Waals surface area contributed by atoms with Crippen LogP contribution in [-0.2, 0) is 17.9 Å². The van der Waals surface area contributed by atoms with Crippen LogP contribution in [0.4, 0.5) is 14.9 Å². The van der Waals surface area contributed by atoms with Gasteiger partial charge >= 0.3 is 6.03 Å². The number of amides is 2. The highest BCUT2D eigenvalue weighted by atomic mass is 19.1.